The van der Waals surface area contributed by atoms with E-state index in [1.165, 1.54) is 36.4 Å². The molecule has 146 valence electrons. The maximum Gasteiger partial charge on any atom is 0.292 e. The Morgan fingerprint density at radius 2 is 1.34 bits per heavy atom. The van der Waals surface area contributed by atoms with Crippen LogP contribution in [0.5, 0.6) is 0 Å². The van der Waals surface area contributed by atoms with E-state index in [0.717, 1.165) is 0 Å². The zero-order chi connectivity index (χ0) is 21.0. The van der Waals surface area contributed by atoms with Crippen molar-refractivity contribution in [3.63, 3.8) is 0 Å². The number of carbonyl (C=O) groups is 2. The van der Waals surface area contributed by atoms with E-state index in [4.69, 9.17) is 23.2 Å². The van der Waals surface area contributed by atoms with Gasteiger partial charge in [0, 0.05) is 32.9 Å². The van der Waals surface area contributed by atoms with E-state index in [2.05, 4.69) is 10.6 Å². The largest absolute Gasteiger partial charge is 0.322 e. The molecule has 0 radical (unpaired) electrons. The Bertz CT molecular complexity index is 1120. The molecule has 0 atom stereocenters. The van der Waals surface area contributed by atoms with Crippen LogP contribution in [0.3, 0.4) is 0 Å². The van der Waals surface area contributed by atoms with E-state index < -0.39 is 16.7 Å². The van der Waals surface area contributed by atoms with E-state index >= 15 is 0 Å². The molecule has 3 aromatic rings. The highest BCUT2D eigenvalue weighted by Gasteiger charge is 2.18. The van der Waals surface area contributed by atoms with Crippen LogP contribution in [0.15, 0.2) is 66.7 Å². The van der Waals surface area contributed by atoms with Crippen molar-refractivity contribution in [3.8, 4) is 0 Å². The second-order valence-electron chi connectivity index (χ2n) is 5.92. The van der Waals surface area contributed by atoms with Gasteiger partial charge in [-0.25, -0.2) is 0 Å². The molecular weight excluding hydrogens is 417 g/mol. The first-order chi connectivity index (χ1) is 13.8. The Labute approximate surface area is 175 Å². The summed E-state index contributed by atoms with van der Waals surface area (Å²) in [7, 11) is 0. The summed E-state index contributed by atoms with van der Waals surface area (Å²) in [4.78, 5) is 35.5. The van der Waals surface area contributed by atoms with Crippen molar-refractivity contribution in [2.75, 3.05) is 10.6 Å². The topological polar surface area (TPSA) is 101 Å². The first-order valence-corrected chi connectivity index (χ1v) is 9.01. The summed E-state index contributed by atoms with van der Waals surface area (Å²) in [6.07, 6.45) is 0. The first-order valence-electron chi connectivity index (χ1n) is 8.26. The summed E-state index contributed by atoms with van der Waals surface area (Å²) in [5, 5.41) is 17.2. The molecule has 0 saturated carbocycles. The monoisotopic (exact) mass is 429 g/mol. The molecule has 0 aromatic heterocycles. The molecule has 3 aromatic carbocycles. The predicted octanol–water partition coefficient (Wildman–Crippen LogP) is 5.41. The minimum Gasteiger partial charge on any atom is -0.322 e. The zero-order valence-electron chi connectivity index (χ0n) is 14.7. The molecule has 29 heavy (non-hydrogen) atoms. The molecule has 0 unspecified atom stereocenters. The number of nitro benzene ring substituents is 1. The molecule has 2 N–H and O–H groups in total. The molecule has 9 heteroatoms. The summed E-state index contributed by atoms with van der Waals surface area (Å²) < 4.78 is 0. The fourth-order valence-electron chi connectivity index (χ4n) is 2.53. The van der Waals surface area contributed by atoms with Crippen molar-refractivity contribution in [1.29, 1.82) is 0 Å². The summed E-state index contributed by atoms with van der Waals surface area (Å²) in [5.41, 5.74) is 0.438. The van der Waals surface area contributed by atoms with Crippen molar-refractivity contribution in [1.82, 2.24) is 0 Å². The summed E-state index contributed by atoms with van der Waals surface area (Å²) in [5.74, 6) is -1.03. The van der Waals surface area contributed by atoms with Gasteiger partial charge in [-0.2, -0.15) is 0 Å². The van der Waals surface area contributed by atoms with E-state index in [-0.39, 0.29) is 22.6 Å². The molecular formula is C20H13Cl2N3O4. The molecule has 2 amide bonds. The van der Waals surface area contributed by atoms with Gasteiger partial charge in [-0.15, -0.1) is 0 Å². The van der Waals surface area contributed by atoms with E-state index in [1.807, 2.05) is 0 Å². The number of amides is 2. The van der Waals surface area contributed by atoms with Gasteiger partial charge in [0.2, 0.25) is 0 Å². The maximum atomic E-state index is 12.4. The minimum absolute atomic E-state index is 0.0659. The normalized spacial score (nSPS) is 10.3. The van der Waals surface area contributed by atoms with Crippen LogP contribution in [0, 0.1) is 10.1 Å². The van der Waals surface area contributed by atoms with Crippen LogP contribution in [0.25, 0.3) is 0 Å². The third kappa shape index (κ3) is 5.10. The Balaban J connectivity index is 1.87. The summed E-state index contributed by atoms with van der Waals surface area (Å²) in [6.45, 7) is 0. The standard InChI is InChI=1S/C20H13Cl2N3O4/c21-14-5-1-3-12(9-14)19(26)23-16-7-8-18(25(28)29)17(11-16)24-20(27)13-4-2-6-15(22)10-13/h1-11H,(H,23,26)(H,24,27). The Morgan fingerprint density at radius 3 is 1.86 bits per heavy atom. The number of hydrogen-bond acceptors (Lipinski definition) is 4. The van der Waals surface area contributed by atoms with Gasteiger partial charge < -0.3 is 10.6 Å². The average molecular weight is 430 g/mol. The molecule has 0 saturated heterocycles. The number of hydrogen-bond donors (Lipinski definition) is 2. The van der Waals surface area contributed by atoms with Crippen LogP contribution in [0.1, 0.15) is 20.7 Å². The zero-order valence-corrected chi connectivity index (χ0v) is 16.2. The van der Waals surface area contributed by atoms with Crippen molar-refractivity contribution in [2.45, 2.75) is 0 Å². The van der Waals surface area contributed by atoms with Crippen molar-refractivity contribution < 1.29 is 14.5 Å². The van der Waals surface area contributed by atoms with Gasteiger partial charge in [0.15, 0.2) is 0 Å². The second kappa shape index (κ2) is 8.72. The van der Waals surface area contributed by atoms with Crippen LogP contribution in [0.4, 0.5) is 17.1 Å². The number of nitrogens with one attached hydrogen (secondary N) is 2. The minimum atomic E-state index is -0.629. The number of carbonyl (C=O) groups excluding carboxylic acids is 2. The van der Waals surface area contributed by atoms with Crippen LogP contribution in [-0.4, -0.2) is 16.7 Å². The summed E-state index contributed by atoms with van der Waals surface area (Å²) in [6, 6.07) is 16.4. The van der Waals surface area contributed by atoms with Gasteiger partial charge in [-0.3, -0.25) is 19.7 Å². The van der Waals surface area contributed by atoms with Gasteiger partial charge >= 0.3 is 0 Å². The molecule has 0 aliphatic carbocycles. The van der Waals surface area contributed by atoms with Gasteiger partial charge in [-0.05, 0) is 48.5 Å². The molecule has 0 bridgehead atoms. The molecule has 7 nitrogen and oxygen atoms in total. The third-order valence-electron chi connectivity index (χ3n) is 3.87. The molecule has 0 aliphatic rings. The van der Waals surface area contributed by atoms with Crippen LogP contribution in [0.2, 0.25) is 10.0 Å². The molecule has 0 fully saturated rings. The SMILES string of the molecule is O=C(Nc1ccc([N+](=O)[O-])c(NC(=O)c2cccc(Cl)c2)c1)c1cccc(Cl)c1. The Hall–Kier alpha value is -3.42. The molecule has 0 heterocycles. The lowest BCUT2D eigenvalue weighted by Crippen LogP contribution is -2.15. The lowest BCUT2D eigenvalue weighted by molar-refractivity contribution is -0.383. The van der Waals surface area contributed by atoms with Gasteiger partial charge in [0.1, 0.15) is 5.69 Å². The third-order valence-corrected chi connectivity index (χ3v) is 4.34. The average Bonchev–Trinajstić information content (AvgIpc) is 2.68. The van der Waals surface area contributed by atoms with E-state index in [1.54, 1.807) is 30.3 Å². The first kappa shape index (κ1) is 20.3. The Kier molecular flexibility index (Phi) is 6.11. The van der Waals surface area contributed by atoms with Crippen molar-refractivity contribution in [2.24, 2.45) is 0 Å². The number of benzene rings is 3. The molecule has 0 aliphatic heterocycles. The van der Waals surface area contributed by atoms with Gasteiger partial charge in [-0.1, -0.05) is 35.3 Å². The Morgan fingerprint density at radius 1 is 0.793 bits per heavy atom. The van der Waals surface area contributed by atoms with Crippen LogP contribution >= 0.6 is 23.2 Å². The van der Waals surface area contributed by atoms with E-state index in [0.29, 0.717) is 15.6 Å². The number of nitrogens with zero attached hydrogens (tertiary/aromatic N) is 1. The maximum absolute atomic E-state index is 12.4. The number of nitro groups is 1. The van der Waals surface area contributed by atoms with Gasteiger partial charge in [0.05, 0.1) is 4.92 Å². The fourth-order valence-corrected chi connectivity index (χ4v) is 2.91. The highest BCUT2D eigenvalue weighted by molar-refractivity contribution is 6.31. The van der Waals surface area contributed by atoms with E-state index in [9.17, 15) is 19.7 Å². The van der Waals surface area contributed by atoms with Crippen molar-refractivity contribution in [3.05, 3.63) is 98.0 Å². The highest BCUT2D eigenvalue weighted by atomic mass is 35.5. The highest BCUT2D eigenvalue weighted by Crippen LogP contribution is 2.29. The fraction of sp³-hybridized carbons (Fsp3) is 0. The lowest BCUT2D eigenvalue weighted by atomic mass is 10.1. The number of halogens is 2. The van der Waals surface area contributed by atoms with Crippen molar-refractivity contribution >= 4 is 52.1 Å². The lowest BCUT2D eigenvalue weighted by Gasteiger charge is -2.10. The number of anilines is 2. The quantitative estimate of drug-likeness (QED) is 0.418. The van der Waals surface area contributed by atoms with Crippen LogP contribution < -0.4 is 10.6 Å². The number of rotatable bonds is 5. The smallest absolute Gasteiger partial charge is 0.292 e. The summed E-state index contributed by atoms with van der Waals surface area (Å²) >= 11 is 11.8. The van der Waals surface area contributed by atoms with Crippen LogP contribution in [-0.2, 0) is 0 Å². The molecule has 0 spiro atoms. The predicted molar refractivity (Wildman–Crippen MR) is 112 cm³/mol. The molecule has 3 rings (SSSR count). The second-order valence-corrected chi connectivity index (χ2v) is 6.79. The van der Waals surface area contributed by atoms with Gasteiger partial charge in [0.25, 0.3) is 17.5 Å².